The van der Waals surface area contributed by atoms with E-state index >= 15 is 0 Å². The average molecular weight is 307 g/mol. The van der Waals surface area contributed by atoms with Gasteiger partial charge in [0.05, 0.1) is 29.5 Å². The van der Waals surface area contributed by atoms with Crippen LogP contribution in [-0.4, -0.2) is 25.7 Å². The molecule has 2 aromatic heterocycles. The lowest BCUT2D eigenvalue weighted by atomic mass is 10.2. The second kappa shape index (κ2) is 5.46. The Morgan fingerprint density at radius 3 is 2.83 bits per heavy atom. The molecule has 1 aliphatic carbocycles. The van der Waals surface area contributed by atoms with Crippen LogP contribution in [0.1, 0.15) is 36.3 Å². The van der Waals surface area contributed by atoms with Crippen LogP contribution < -0.4 is 5.32 Å². The summed E-state index contributed by atoms with van der Waals surface area (Å²) < 4.78 is 1.88. The molecule has 0 aliphatic heterocycles. The maximum atomic E-state index is 12.5. The van der Waals surface area contributed by atoms with Crippen molar-refractivity contribution in [1.29, 1.82) is 0 Å². The molecule has 1 unspecified atom stereocenters. The lowest BCUT2D eigenvalue weighted by molar-refractivity contribution is 0.102. The molecular weight excluding hydrogens is 290 g/mol. The molecule has 3 aromatic rings. The number of fused-ring (bicyclic) bond motifs is 1. The fourth-order valence-electron chi connectivity index (χ4n) is 2.76. The third-order valence-electron chi connectivity index (χ3n) is 4.28. The molecule has 0 radical (unpaired) electrons. The van der Waals surface area contributed by atoms with Crippen LogP contribution in [0.25, 0.3) is 11.0 Å². The van der Waals surface area contributed by atoms with Gasteiger partial charge in [0.15, 0.2) is 0 Å². The Morgan fingerprint density at radius 2 is 2.04 bits per heavy atom. The van der Waals surface area contributed by atoms with Crippen LogP contribution in [0.3, 0.4) is 0 Å². The highest BCUT2D eigenvalue weighted by Crippen LogP contribution is 2.40. The molecule has 116 valence electrons. The molecule has 1 aliphatic rings. The minimum Gasteiger partial charge on any atom is -0.305 e. The fourth-order valence-corrected chi connectivity index (χ4v) is 2.76. The van der Waals surface area contributed by atoms with E-state index in [1.807, 2.05) is 35.0 Å². The number of carbonyl (C=O) groups excluding carboxylic acids is 1. The first-order chi connectivity index (χ1) is 11.2. The zero-order chi connectivity index (χ0) is 15.8. The molecule has 23 heavy (non-hydrogen) atoms. The Morgan fingerprint density at radius 1 is 1.26 bits per heavy atom. The number of carbonyl (C=O) groups is 1. The van der Waals surface area contributed by atoms with Crippen molar-refractivity contribution >= 4 is 22.8 Å². The smallest absolute Gasteiger partial charge is 0.277 e. The molecule has 1 aromatic carbocycles. The number of aromatic nitrogens is 4. The van der Waals surface area contributed by atoms with Crippen LogP contribution in [0, 0.1) is 5.92 Å². The van der Waals surface area contributed by atoms with Gasteiger partial charge in [-0.2, -0.15) is 5.10 Å². The number of anilines is 1. The number of benzene rings is 1. The number of nitrogens with one attached hydrogen (secondary N) is 1. The van der Waals surface area contributed by atoms with Crippen LogP contribution in [0.4, 0.5) is 5.82 Å². The molecule has 0 spiro atoms. The van der Waals surface area contributed by atoms with Crippen molar-refractivity contribution < 1.29 is 4.79 Å². The standard InChI is InChI=1S/C17H17N5O/c1-11(12-6-7-12)22-16(8-9-19-22)21-17(23)15-10-18-13-4-2-3-5-14(13)20-15/h2-5,8-12H,6-7H2,1H3,(H,21,23). The topological polar surface area (TPSA) is 72.7 Å². The number of rotatable bonds is 4. The second-order valence-corrected chi connectivity index (χ2v) is 5.94. The summed E-state index contributed by atoms with van der Waals surface area (Å²) in [4.78, 5) is 21.1. The van der Waals surface area contributed by atoms with Crippen molar-refractivity contribution in [2.24, 2.45) is 5.92 Å². The van der Waals surface area contributed by atoms with Crippen LogP contribution in [0.5, 0.6) is 0 Å². The largest absolute Gasteiger partial charge is 0.305 e. The molecule has 4 rings (SSSR count). The van der Waals surface area contributed by atoms with Crippen molar-refractivity contribution in [3.05, 3.63) is 48.4 Å². The van der Waals surface area contributed by atoms with Crippen LogP contribution in [0.2, 0.25) is 0 Å². The predicted octanol–water partition coefficient (Wildman–Crippen LogP) is 3.05. The molecule has 1 N–H and O–H groups in total. The summed E-state index contributed by atoms with van der Waals surface area (Å²) in [5.41, 5.74) is 1.78. The van der Waals surface area contributed by atoms with Gasteiger partial charge in [0.1, 0.15) is 11.5 Å². The SMILES string of the molecule is CC(C1CC1)n1nccc1NC(=O)c1cnc2ccccc2n1. The summed E-state index contributed by atoms with van der Waals surface area (Å²) in [7, 11) is 0. The molecule has 6 nitrogen and oxygen atoms in total. The summed E-state index contributed by atoms with van der Waals surface area (Å²) >= 11 is 0. The lowest BCUT2D eigenvalue weighted by Crippen LogP contribution is -2.19. The van der Waals surface area contributed by atoms with Gasteiger partial charge in [-0.25, -0.2) is 9.67 Å². The van der Waals surface area contributed by atoms with E-state index in [2.05, 4.69) is 27.3 Å². The van der Waals surface area contributed by atoms with E-state index in [1.165, 1.54) is 19.0 Å². The summed E-state index contributed by atoms with van der Waals surface area (Å²) in [5.74, 6) is 1.09. The molecule has 6 heteroatoms. The summed E-state index contributed by atoms with van der Waals surface area (Å²) in [6, 6.07) is 9.60. The Kier molecular flexibility index (Phi) is 3.29. The minimum atomic E-state index is -0.270. The number of hydrogen-bond donors (Lipinski definition) is 1. The Labute approximate surface area is 133 Å². The zero-order valence-corrected chi connectivity index (χ0v) is 12.8. The van der Waals surface area contributed by atoms with Gasteiger partial charge in [0, 0.05) is 6.07 Å². The van der Waals surface area contributed by atoms with Gasteiger partial charge < -0.3 is 5.32 Å². The van der Waals surface area contributed by atoms with E-state index < -0.39 is 0 Å². The average Bonchev–Trinajstić information content (AvgIpc) is 3.33. The normalized spacial score (nSPS) is 15.5. The predicted molar refractivity (Wildman–Crippen MR) is 87.2 cm³/mol. The van der Waals surface area contributed by atoms with Crippen molar-refractivity contribution in [2.45, 2.75) is 25.8 Å². The van der Waals surface area contributed by atoms with Gasteiger partial charge in [0.25, 0.3) is 5.91 Å². The van der Waals surface area contributed by atoms with E-state index in [1.54, 1.807) is 6.20 Å². The highest BCUT2D eigenvalue weighted by atomic mass is 16.2. The first-order valence-electron chi connectivity index (χ1n) is 7.79. The molecule has 2 heterocycles. The number of hydrogen-bond acceptors (Lipinski definition) is 4. The summed E-state index contributed by atoms with van der Waals surface area (Å²) in [6.45, 7) is 2.14. The molecule has 1 atom stereocenters. The van der Waals surface area contributed by atoms with E-state index in [0.717, 1.165) is 5.52 Å². The molecule has 1 fully saturated rings. The van der Waals surface area contributed by atoms with E-state index in [-0.39, 0.29) is 5.91 Å². The van der Waals surface area contributed by atoms with E-state index in [0.29, 0.717) is 29.0 Å². The molecule has 0 saturated heterocycles. The summed E-state index contributed by atoms with van der Waals surface area (Å²) in [5, 5.41) is 7.23. The van der Waals surface area contributed by atoms with Gasteiger partial charge in [0.2, 0.25) is 0 Å². The maximum Gasteiger partial charge on any atom is 0.277 e. The third kappa shape index (κ3) is 2.67. The Balaban J connectivity index is 1.58. The first kappa shape index (κ1) is 13.9. The van der Waals surface area contributed by atoms with E-state index in [9.17, 15) is 4.79 Å². The van der Waals surface area contributed by atoms with Crippen LogP contribution in [0.15, 0.2) is 42.7 Å². The van der Waals surface area contributed by atoms with Crippen LogP contribution >= 0.6 is 0 Å². The monoisotopic (exact) mass is 307 g/mol. The zero-order valence-electron chi connectivity index (χ0n) is 12.8. The first-order valence-corrected chi connectivity index (χ1v) is 7.79. The van der Waals surface area contributed by atoms with Gasteiger partial charge in [-0.3, -0.25) is 9.78 Å². The van der Waals surface area contributed by atoms with Gasteiger partial charge in [-0.1, -0.05) is 12.1 Å². The molecular formula is C17H17N5O. The highest BCUT2D eigenvalue weighted by Gasteiger charge is 2.30. The van der Waals surface area contributed by atoms with Crippen molar-refractivity contribution in [3.63, 3.8) is 0 Å². The second-order valence-electron chi connectivity index (χ2n) is 5.94. The maximum absolute atomic E-state index is 12.5. The molecule has 0 bridgehead atoms. The third-order valence-corrected chi connectivity index (χ3v) is 4.28. The van der Waals surface area contributed by atoms with E-state index in [4.69, 9.17) is 0 Å². The number of para-hydroxylation sites is 2. The van der Waals surface area contributed by atoms with Gasteiger partial charge >= 0.3 is 0 Å². The number of amides is 1. The van der Waals surface area contributed by atoms with Crippen molar-refractivity contribution in [2.75, 3.05) is 5.32 Å². The lowest BCUT2D eigenvalue weighted by Gasteiger charge is -2.15. The van der Waals surface area contributed by atoms with Gasteiger partial charge in [-0.05, 0) is 37.8 Å². The quantitative estimate of drug-likeness (QED) is 0.804. The Hall–Kier alpha value is -2.76. The van der Waals surface area contributed by atoms with Crippen molar-refractivity contribution in [1.82, 2.24) is 19.7 Å². The fraction of sp³-hybridized carbons (Fsp3) is 0.294. The highest BCUT2D eigenvalue weighted by molar-refractivity contribution is 6.03. The van der Waals surface area contributed by atoms with Gasteiger partial charge in [-0.15, -0.1) is 0 Å². The minimum absolute atomic E-state index is 0.270. The summed E-state index contributed by atoms with van der Waals surface area (Å²) in [6.07, 6.45) is 5.67. The number of nitrogens with zero attached hydrogens (tertiary/aromatic N) is 4. The van der Waals surface area contributed by atoms with Crippen LogP contribution in [-0.2, 0) is 0 Å². The van der Waals surface area contributed by atoms with Crippen molar-refractivity contribution in [3.8, 4) is 0 Å². The molecule has 1 saturated carbocycles. The molecule has 1 amide bonds. The Bertz CT molecular complexity index is 868.